The first kappa shape index (κ1) is 18.0. The van der Waals surface area contributed by atoms with Gasteiger partial charge in [0, 0.05) is 35.1 Å². The number of benzene rings is 2. The Kier molecular flexibility index (Phi) is 4.65. The van der Waals surface area contributed by atoms with Gasteiger partial charge in [0.15, 0.2) is 5.78 Å². The SMILES string of the molecule is Cc1ccc(C)c(N2C(=O)CC(c3ccc(Cl)cc3)C3=C2CCCC3=O)c1. The van der Waals surface area contributed by atoms with E-state index in [1.54, 1.807) is 4.90 Å². The van der Waals surface area contributed by atoms with Crippen LogP contribution >= 0.6 is 11.6 Å². The molecule has 0 spiro atoms. The molecule has 1 atom stereocenters. The summed E-state index contributed by atoms with van der Waals surface area (Å²) >= 11 is 6.03. The van der Waals surface area contributed by atoms with Gasteiger partial charge >= 0.3 is 0 Å². The maximum Gasteiger partial charge on any atom is 0.232 e. The van der Waals surface area contributed by atoms with Crippen molar-refractivity contribution in [2.45, 2.75) is 45.4 Å². The molecular formula is C23H22ClNO2. The first-order valence-corrected chi connectivity index (χ1v) is 9.75. The molecule has 1 amide bonds. The zero-order valence-corrected chi connectivity index (χ0v) is 16.3. The monoisotopic (exact) mass is 379 g/mol. The Hall–Kier alpha value is -2.39. The van der Waals surface area contributed by atoms with E-state index in [2.05, 4.69) is 0 Å². The lowest BCUT2D eigenvalue weighted by Gasteiger charge is -2.39. The van der Waals surface area contributed by atoms with Gasteiger partial charge in [0.1, 0.15) is 0 Å². The number of aryl methyl sites for hydroxylation is 2. The molecule has 0 fully saturated rings. The molecule has 0 bridgehead atoms. The lowest BCUT2D eigenvalue weighted by Crippen LogP contribution is -2.40. The van der Waals surface area contributed by atoms with Gasteiger partial charge in [-0.05, 0) is 61.6 Å². The van der Waals surface area contributed by atoms with Crippen LogP contribution in [0, 0.1) is 13.8 Å². The van der Waals surface area contributed by atoms with Crippen LogP contribution in [0.4, 0.5) is 5.69 Å². The molecule has 1 unspecified atom stereocenters. The molecule has 2 aromatic rings. The van der Waals surface area contributed by atoms with E-state index in [0.29, 0.717) is 17.9 Å². The summed E-state index contributed by atoms with van der Waals surface area (Å²) in [5.41, 5.74) is 5.73. The molecule has 2 aromatic carbocycles. The van der Waals surface area contributed by atoms with Gasteiger partial charge < -0.3 is 0 Å². The van der Waals surface area contributed by atoms with E-state index in [9.17, 15) is 9.59 Å². The number of anilines is 1. The summed E-state index contributed by atoms with van der Waals surface area (Å²) in [4.78, 5) is 27.9. The fraction of sp³-hybridized carbons (Fsp3) is 0.304. The molecule has 27 heavy (non-hydrogen) atoms. The highest BCUT2D eigenvalue weighted by molar-refractivity contribution is 6.30. The second-order valence-corrected chi connectivity index (χ2v) is 7.90. The molecule has 0 saturated carbocycles. The molecular weight excluding hydrogens is 358 g/mol. The maximum atomic E-state index is 13.2. The van der Waals surface area contributed by atoms with Crippen LogP contribution in [0.5, 0.6) is 0 Å². The van der Waals surface area contributed by atoms with Crippen molar-refractivity contribution in [2.24, 2.45) is 0 Å². The molecule has 4 rings (SSSR count). The van der Waals surface area contributed by atoms with Crippen LogP contribution in [0.1, 0.15) is 48.3 Å². The molecule has 138 valence electrons. The number of ketones is 1. The van der Waals surface area contributed by atoms with Crippen LogP contribution in [-0.2, 0) is 9.59 Å². The Balaban J connectivity index is 1.88. The van der Waals surface area contributed by atoms with Gasteiger partial charge in [-0.2, -0.15) is 0 Å². The Morgan fingerprint density at radius 3 is 2.48 bits per heavy atom. The first-order valence-electron chi connectivity index (χ1n) is 9.37. The quantitative estimate of drug-likeness (QED) is 0.692. The lowest BCUT2D eigenvalue weighted by molar-refractivity contribution is -0.119. The standard InChI is InChI=1S/C23H22ClNO2/c1-14-6-7-15(2)20(12-14)25-19-4-3-5-21(26)23(19)18(13-22(25)27)16-8-10-17(24)11-9-16/h6-12,18H,3-5,13H2,1-2H3. The van der Waals surface area contributed by atoms with E-state index in [1.165, 1.54) is 0 Å². The second-order valence-electron chi connectivity index (χ2n) is 7.46. The Morgan fingerprint density at radius 1 is 1.00 bits per heavy atom. The predicted octanol–water partition coefficient (Wildman–Crippen LogP) is 5.48. The van der Waals surface area contributed by atoms with E-state index >= 15 is 0 Å². The van der Waals surface area contributed by atoms with Crippen LogP contribution in [-0.4, -0.2) is 11.7 Å². The average Bonchev–Trinajstić information content (AvgIpc) is 2.64. The highest BCUT2D eigenvalue weighted by atomic mass is 35.5. The van der Waals surface area contributed by atoms with Crippen LogP contribution in [0.3, 0.4) is 0 Å². The van der Waals surface area contributed by atoms with Gasteiger partial charge in [0.25, 0.3) is 0 Å². The van der Waals surface area contributed by atoms with Gasteiger partial charge in [-0.3, -0.25) is 14.5 Å². The number of hydrogen-bond donors (Lipinski definition) is 0. The van der Waals surface area contributed by atoms with Crippen molar-refractivity contribution >= 4 is 29.0 Å². The van der Waals surface area contributed by atoms with E-state index in [-0.39, 0.29) is 17.6 Å². The van der Waals surface area contributed by atoms with Crippen molar-refractivity contribution < 1.29 is 9.59 Å². The summed E-state index contributed by atoms with van der Waals surface area (Å²) in [6.07, 6.45) is 2.40. The van der Waals surface area contributed by atoms with Crippen LogP contribution in [0.15, 0.2) is 53.7 Å². The zero-order valence-electron chi connectivity index (χ0n) is 15.6. The van der Waals surface area contributed by atoms with Gasteiger partial charge in [0.05, 0.1) is 5.69 Å². The van der Waals surface area contributed by atoms with Gasteiger partial charge in [-0.15, -0.1) is 0 Å². The molecule has 1 aliphatic heterocycles. The Bertz CT molecular complexity index is 959. The highest BCUT2D eigenvalue weighted by Crippen LogP contribution is 2.44. The van der Waals surface area contributed by atoms with Crippen molar-refractivity contribution in [3.8, 4) is 0 Å². The van der Waals surface area contributed by atoms with E-state index in [4.69, 9.17) is 11.6 Å². The summed E-state index contributed by atoms with van der Waals surface area (Å²) in [7, 11) is 0. The second kappa shape index (κ2) is 6.97. The molecule has 0 aromatic heterocycles. The summed E-state index contributed by atoms with van der Waals surface area (Å²) < 4.78 is 0. The maximum absolute atomic E-state index is 13.2. The summed E-state index contributed by atoms with van der Waals surface area (Å²) in [5, 5.41) is 0.655. The molecule has 0 radical (unpaired) electrons. The minimum Gasteiger partial charge on any atom is -0.294 e. The van der Waals surface area contributed by atoms with E-state index < -0.39 is 0 Å². The minimum atomic E-state index is -0.182. The zero-order chi connectivity index (χ0) is 19.1. The summed E-state index contributed by atoms with van der Waals surface area (Å²) in [6.45, 7) is 4.04. The minimum absolute atomic E-state index is 0.0529. The number of carbonyl (C=O) groups is 2. The number of allylic oxidation sites excluding steroid dienone is 2. The van der Waals surface area contributed by atoms with Gasteiger partial charge in [0.2, 0.25) is 5.91 Å². The van der Waals surface area contributed by atoms with Gasteiger partial charge in [-0.1, -0.05) is 35.9 Å². The molecule has 1 heterocycles. The Morgan fingerprint density at radius 2 is 1.74 bits per heavy atom. The number of halogens is 1. The average molecular weight is 380 g/mol. The normalized spacial score (nSPS) is 20.1. The largest absolute Gasteiger partial charge is 0.294 e. The van der Waals surface area contributed by atoms with Gasteiger partial charge in [-0.25, -0.2) is 0 Å². The third-order valence-electron chi connectivity index (χ3n) is 5.55. The number of nitrogens with zero attached hydrogens (tertiary/aromatic N) is 1. The molecule has 3 nitrogen and oxygen atoms in total. The molecule has 4 heteroatoms. The summed E-state index contributed by atoms with van der Waals surface area (Å²) in [5.74, 6) is 0.0371. The van der Waals surface area contributed by atoms with Crippen LogP contribution < -0.4 is 4.90 Å². The van der Waals surface area contributed by atoms with Crippen molar-refractivity contribution in [3.05, 3.63) is 75.4 Å². The third-order valence-corrected chi connectivity index (χ3v) is 5.81. The molecule has 1 aliphatic carbocycles. The van der Waals surface area contributed by atoms with Crippen molar-refractivity contribution in [3.63, 3.8) is 0 Å². The molecule has 2 aliphatic rings. The van der Waals surface area contributed by atoms with E-state index in [0.717, 1.165) is 46.5 Å². The van der Waals surface area contributed by atoms with Crippen LogP contribution in [0.2, 0.25) is 5.02 Å². The molecule has 0 N–H and O–H groups in total. The Labute approximate surface area is 164 Å². The van der Waals surface area contributed by atoms with Crippen molar-refractivity contribution in [2.75, 3.05) is 4.90 Å². The topological polar surface area (TPSA) is 37.4 Å². The van der Waals surface area contributed by atoms with E-state index in [1.807, 2.05) is 56.3 Å². The fourth-order valence-corrected chi connectivity index (χ4v) is 4.34. The smallest absolute Gasteiger partial charge is 0.232 e. The number of carbonyl (C=O) groups excluding carboxylic acids is 2. The first-order chi connectivity index (χ1) is 13.0. The van der Waals surface area contributed by atoms with Crippen molar-refractivity contribution in [1.82, 2.24) is 0 Å². The number of rotatable bonds is 2. The predicted molar refractivity (Wildman–Crippen MR) is 108 cm³/mol. The summed E-state index contributed by atoms with van der Waals surface area (Å²) in [6, 6.07) is 13.6. The number of hydrogen-bond acceptors (Lipinski definition) is 2. The highest BCUT2D eigenvalue weighted by Gasteiger charge is 2.40. The molecule has 0 saturated heterocycles. The third kappa shape index (κ3) is 3.21. The fourth-order valence-electron chi connectivity index (χ4n) is 4.21. The van der Waals surface area contributed by atoms with Crippen molar-refractivity contribution in [1.29, 1.82) is 0 Å². The number of amides is 1. The lowest BCUT2D eigenvalue weighted by atomic mass is 9.77. The number of Topliss-reactive ketones (excluding diaryl/α,β-unsaturated/α-hetero) is 1. The van der Waals surface area contributed by atoms with Crippen LogP contribution in [0.25, 0.3) is 0 Å².